The summed E-state index contributed by atoms with van der Waals surface area (Å²) in [5.41, 5.74) is 3.63. The van der Waals surface area contributed by atoms with Gasteiger partial charge >= 0.3 is 0 Å². The summed E-state index contributed by atoms with van der Waals surface area (Å²) in [6.07, 6.45) is 3.41. The fourth-order valence-electron chi connectivity index (χ4n) is 6.87. The fraction of sp³-hybridized carbons (Fsp3) is 0.257. The van der Waals surface area contributed by atoms with Crippen LogP contribution in [0.5, 0.6) is 5.88 Å². The highest BCUT2D eigenvalue weighted by atomic mass is 35.5. The molecule has 1 saturated heterocycles. The number of nitriles is 1. The molecule has 0 amide bonds. The first-order chi connectivity index (χ1) is 22.8. The highest BCUT2D eigenvalue weighted by Gasteiger charge is 2.54. The predicted molar refractivity (Wildman–Crippen MR) is 181 cm³/mol. The number of sulfonamides is 1. The monoisotopic (exact) mass is 665 g/mol. The average molecular weight is 666 g/mol. The van der Waals surface area contributed by atoms with Crippen molar-refractivity contribution >= 4 is 43.9 Å². The van der Waals surface area contributed by atoms with Crippen LogP contribution in [0.2, 0.25) is 5.15 Å². The largest absolute Gasteiger partial charge is 0.478 e. The lowest BCUT2D eigenvalue weighted by atomic mass is 9.82. The number of piperazine rings is 1. The summed E-state index contributed by atoms with van der Waals surface area (Å²) in [7, 11) is -4.15. The molecule has 0 bridgehead atoms. The lowest BCUT2D eigenvalue weighted by molar-refractivity contribution is 0.123. The van der Waals surface area contributed by atoms with E-state index in [2.05, 4.69) is 36.9 Å². The number of benzene rings is 2. The van der Waals surface area contributed by atoms with E-state index in [4.69, 9.17) is 16.3 Å². The summed E-state index contributed by atoms with van der Waals surface area (Å²) in [5, 5.41) is 11.0. The number of nitrogens with zero attached hydrogens (tertiary/aromatic N) is 7. The van der Waals surface area contributed by atoms with Crippen molar-refractivity contribution in [3.8, 4) is 11.9 Å². The Bertz CT molecular complexity index is 2140. The first kappa shape index (κ1) is 30.9. The smallest absolute Gasteiger partial charge is 0.266 e. The van der Waals surface area contributed by atoms with Crippen LogP contribution in [0.25, 0.3) is 10.9 Å². The second-order valence-corrected chi connectivity index (χ2v) is 13.8. The highest BCUT2D eigenvalue weighted by Crippen LogP contribution is 2.52. The molecule has 5 heterocycles. The number of ether oxygens (including phenoxy) is 1. The molecule has 0 N–H and O–H groups in total. The Kier molecular flexibility index (Phi) is 7.96. The molecule has 12 heteroatoms. The minimum absolute atomic E-state index is 0.0283. The van der Waals surface area contributed by atoms with Crippen molar-refractivity contribution in [3.05, 3.63) is 113 Å². The van der Waals surface area contributed by atoms with Gasteiger partial charge in [-0.15, -0.1) is 0 Å². The van der Waals surface area contributed by atoms with E-state index in [1.807, 2.05) is 44.3 Å². The van der Waals surface area contributed by atoms with Gasteiger partial charge in [-0.1, -0.05) is 29.8 Å². The minimum atomic E-state index is -4.15. The number of aryl methyl sites for hydroxylation is 1. The first-order valence-electron chi connectivity index (χ1n) is 15.4. The molecular weight excluding hydrogens is 634 g/mol. The number of rotatable bonds is 7. The molecule has 238 valence electrons. The van der Waals surface area contributed by atoms with Crippen LogP contribution in [0.3, 0.4) is 0 Å². The Labute approximate surface area is 278 Å². The zero-order chi connectivity index (χ0) is 32.8. The van der Waals surface area contributed by atoms with Crippen LogP contribution < -0.4 is 13.9 Å². The van der Waals surface area contributed by atoms with Crippen LogP contribution in [0, 0.1) is 18.3 Å². The molecule has 2 aromatic carbocycles. The number of anilines is 2. The van der Waals surface area contributed by atoms with E-state index >= 15 is 0 Å². The Morgan fingerprint density at radius 3 is 2.53 bits per heavy atom. The van der Waals surface area contributed by atoms with Crippen LogP contribution in [0.4, 0.5) is 11.4 Å². The van der Waals surface area contributed by atoms with E-state index in [0.29, 0.717) is 66.6 Å². The fourth-order valence-corrected chi connectivity index (χ4v) is 8.69. The van der Waals surface area contributed by atoms with Crippen LogP contribution in [-0.4, -0.2) is 67.6 Å². The maximum Gasteiger partial charge on any atom is 0.266 e. The van der Waals surface area contributed by atoms with Gasteiger partial charge in [0.25, 0.3) is 10.0 Å². The Balaban J connectivity index is 1.42. The summed E-state index contributed by atoms with van der Waals surface area (Å²) in [6, 6.07) is 23.9. The van der Waals surface area contributed by atoms with Crippen molar-refractivity contribution in [1.82, 2.24) is 19.9 Å². The number of fused-ring (bicyclic) bond motifs is 2. The van der Waals surface area contributed by atoms with Crippen LogP contribution in [-0.2, 0) is 15.6 Å². The Hall–Kier alpha value is -4.76. The van der Waals surface area contributed by atoms with Gasteiger partial charge in [-0.05, 0) is 68.4 Å². The van der Waals surface area contributed by atoms with Crippen molar-refractivity contribution in [2.75, 3.05) is 48.5 Å². The SMILES string of the molecule is CCOc1nc(Cl)ccc1C1(N2CCN(c3ccnc(C)c3)CC2)CN(S(=O)(=O)c2cccc3cccnc23)c2ccc(C#N)cc21. The van der Waals surface area contributed by atoms with E-state index in [0.717, 1.165) is 16.8 Å². The zero-order valence-electron chi connectivity index (χ0n) is 26.0. The quantitative estimate of drug-likeness (QED) is 0.207. The molecule has 7 rings (SSSR count). The molecule has 1 atom stereocenters. The normalized spacial score (nSPS) is 18.3. The van der Waals surface area contributed by atoms with Crippen molar-refractivity contribution < 1.29 is 13.2 Å². The topological polar surface area (TPSA) is 116 Å². The third-order valence-electron chi connectivity index (χ3n) is 8.99. The molecule has 3 aromatic heterocycles. The van der Waals surface area contributed by atoms with Crippen LogP contribution in [0.1, 0.15) is 29.3 Å². The standard InChI is InChI=1S/C35H32ClN7O3S/c1-3-46-34-28(10-12-32(36)40-34)35(42-18-16-41(17-19-42)27-13-15-38-24(2)20-27)23-43(30-11-9-25(22-37)21-29(30)35)47(44,45)31-8-4-6-26-7-5-14-39-33(26)31/h4-15,20-21H,3,16-19,23H2,1-2H3. The van der Waals surface area contributed by atoms with Crippen molar-refractivity contribution in [2.45, 2.75) is 24.3 Å². The molecular formula is C35H32ClN7O3S. The highest BCUT2D eigenvalue weighted by molar-refractivity contribution is 7.93. The molecule has 0 spiro atoms. The van der Waals surface area contributed by atoms with Gasteiger partial charge in [0, 0.05) is 66.5 Å². The molecule has 1 fully saturated rings. The minimum Gasteiger partial charge on any atom is -0.478 e. The maximum absolute atomic E-state index is 14.8. The number of hydrogen-bond acceptors (Lipinski definition) is 9. The van der Waals surface area contributed by atoms with Gasteiger partial charge in [-0.25, -0.2) is 13.4 Å². The van der Waals surface area contributed by atoms with Gasteiger partial charge in [-0.3, -0.25) is 19.2 Å². The number of halogens is 1. The van der Waals surface area contributed by atoms with Gasteiger partial charge in [0.2, 0.25) is 5.88 Å². The second kappa shape index (κ2) is 12.1. The number of pyridine rings is 3. The molecule has 2 aliphatic rings. The zero-order valence-corrected chi connectivity index (χ0v) is 27.5. The van der Waals surface area contributed by atoms with Crippen LogP contribution >= 0.6 is 11.6 Å². The van der Waals surface area contributed by atoms with E-state index in [1.54, 1.807) is 48.7 Å². The third kappa shape index (κ3) is 5.23. The predicted octanol–water partition coefficient (Wildman–Crippen LogP) is 5.53. The lowest BCUT2D eigenvalue weighted by Crippen LogP contribution is -2.58. The average Bonchev–Trinajstić information content (AvgIpc) is 3.44. The molecule has 0 saturated carbocycles. The summed E-state index contributed by atoms with van der Waals surface area (Å²) in [5.74, 6) is 0.326. The van der Waals surface area contributed by atoms with Crippen LogP contribution in [0.15, 0.2) is 90.1 Å². The van der Waals surface area contributed by atoms with E-state index < -0.39 is 15.6 Å². The van der Waals surface area contributed by atoms with Gasteiger partial charge in [0.1, 0.15) is 10.0 Å². The number of para-hydroxylation sites is 1. The molecule has 0 aliphatic carbocycles. The molecule has 47 heavy (non-hydrogen) atoms. The van der Waals surface area contributed by atoms with E-state index in [9.17, 15) is 13.7 Å². The Morgan fingerprint density at radius 2 is 1.77 bits per heavy atom. The lowest BCUT2D eigenvalue weighted by Gasteiger charge is -2.47. The van der Waals surface area contributed by atoms with Crippen molar-refractivity contribution in [1.29, 1.82) is 5.26 Å². The van der Waals surface area contributed by atoms with Gasteiger partial charge in [0.15, 0.2) is 0 Å². The second-order valence-electron chi connectivity index (χ2n) is 11.6. The molecule has 1 unspecified atom stereocenters. The third-order valence-corrected chi connectivity index (χ3v) is 11.0. The summed E-state index contributed by atoms with van der Waals surface area (Å²) in [4.78, 5) is 18.1. The summed E-state index contributed by atoms with van der Waals surface area (Å²) < 4.78 is 37.2. The van der Waals surface area contributed by atoms with E-state index in [1.165, 1.54) is 4.31 Å². The number of aromatic nitrogens is 3. The van der Waals surface area contributed by atoms with Gasteiger partial charge in [-0.2, -0.15) is 5.26 Å². The van der Waals surface area contributed by atoms with Gasteiger partial charge < -0.3 is 9.64 Å². The Morgan fingerprint density at radius 1 is 0.957 bits per heavy atom. The van der Waals surface area contributed by atoms with Crippen molar-refractivity contribution in [2.24, 2.45) is 0 Å². The van der Waals surface area contributed by atoms with E-state index in [-0.39, 0.29) is 16.6 Å². The maximum atomic E-state index is 14.8. The molecule has 5 aromatic rings. The summed E-state index contributed by atoms with van der Waals surface area (Å²) >= 11 is 6.40. The molecule has 2 aliphatic heterocycles. The van der Waals surface area contributed by atoms with Gasteiger partial charge in [0.05, 0.1) is 41.5 Å². The summed E-state index contributed by atoms with van der Waals surface area (Å²) in [6.45, 7) is 6.76. The first-order valence-corrected chi connectivity index (χ1v) is 17.2. The number of hydrogen-bond donors (Lipinski definition) is 0. The molecule has 0 radical (unpaired) electrons. The van der Waals surface area contributed by atoms with Crippen molar-refractivity contribution in [3.63, 3.8) is 0 Å². The molecule has 10 nitrogen and oxygen atoms in total.